The number of nitrogens with zero attached hydrogens (tertiary/aromatic N) is 5. The highest BCUT2D eigenvalue weighted by molar-refractivity contribution is 7.09. The Kier molecular flexibility index (Phi) is 4.66. The van der Waals surface area contributed by atoms with Crippen molar-refractivity contribution in [3.05, 3.63) is 63.6 Å². The van der Waals surface area contributed by atoms with Crippen LogP contribution in [0.2, 0.25) is 0 Å². The van der Waals surface area contributed by atoms with Crippen LogP contribution >= 0.6 is 11.3 Å². The molecular formula is C16H16FN5OS. The van der Waals surface area contributed by atoms with E-state index < -0.39 is 0 Å². The first-order chi connectivity index (χ1) is 11.5. The summed E-state index contributed by atoms with van der Waals surface area (Å²) in [6.45, 7) is 0.373. The number of rotatable bonds is 5. The van der Waals surface area contributed by atoms with Crippen LogP contribution in [0.1, 0.15) is 26.8 Å². The number of aromatic nitrogens is 4. The van der Waals surface area contributed by atoms with Gasteiger partial charge in [-0.2, -0.15) is 0 Å². The van der Waals surface area contributed by atoms with Gasteiger partial charge in [0.05, 0.1) is 11.6 Å². The second-order valence-electron chi connectivity index (χ2n) is 5.47. The molecule has 0 aliphatic rings. The number of aryl methyl sites for hydroxylation is 1. The summed E-state index contributed by atoms with van der Waals surface area (Å²) in [5.41, 5.74) is 2.08. The lowest BCUT2D eigenvalue weighted by molar-refractivity contribution is 0.0778. The quantitative estimate of drug-likeness (QED) is 0.712. The van der Waals surface area contributed by atoms with Crippen molar-refractivity contribution in [2.75, 3.05) is 7.05 Å². The van der Waals surface area contributed by atoms with E-state index in [9.17, 15) is 9.18 Å². The van der Waals surface area contributed by atoms with Crippen LogP contribution in [-0.4, -0.2) is 37.8 Å². The Hall–Kier alpha value is -2.61. The standard InChI is InChI=1S/C16H16FN5OS/c1-21(8-13-9-22(2)20-19-13)16(23)14-10-24-15(18-14)7-11-3-5-12(17)6-4-11/h3-6,9-10H,7-8H2,1-2H3. The molecule has 0 saturated heterocycles. The number of halogens is 1. The maximum atomic E-state index is 12.9. The molecule has 0 aliphatic heterocycles. The Balaban J connectivity index is 1.65. The van der Waals surface area contributed by atoms with Crippen LogP contribution in [0.15, 0.2) is 35.8 Å². The topological polar surface area (TPSA) is 63.9 Å². The summed E-state index contributed by atoms with van der Waals surface area (Å²) < 4.78 is 14.5. The molecule has 0 atom stereocenters. The lowest BCUT2D eigenvalue weighted by Crippen LogP contribution is -2.26. The van der Waals surface area contributed by atoms with E-state index >= 15 is 0 Å². The number of amides is 1. The molecule has 0 unspecified atom stereocenters. The highest BCUT2D eigenvalue weighted by Crippen LogP contribution is 2.16. The van der Waals surface area contributed by atoms with Gasteiger partial charge in [0.15, 0.2) is 0 Å². The lowest BCUT2D eigenvalue weighted by atomic mass is 10.1. The molecule has 0 saturated carbocycles. The summed E-state index contributed by atoms with van der Waals surface area (Å²) in [5.74, 6) is -0.429. The smallest absolute Gasteiger partial charge is 0.273 e. The molecule has 0 fully saturated rings. The second kappa shape index (κ2) is 6.88. The third-order valence-corrected chi connectivity index (χ3v) is 4.28. The van der Waals surface area contributed by atoms with Gasteiger partial charge in [-0.25, -0.2) is 9.37 Å². The molecule has 3 rings (SSSR count). The highest BCUT2D eigenvalue weighted by Gasteiger charge is 2.17. The Labute approximate surface area is 142 Å². The van der Waals surface area contributed by atoms with Crippen molar-refractivity contribution in [2.45, 2.75) is 13.0 Å². The number of carbonyl (C=O) groups excluding carboxylic acids is 1. The molecule has 0 aliphatic carbocycles. The molecule has 0 bridgehead atoms. The van der Waals surface area contributed by atoms with Gasteiger partial charge in [-0.15, -0.1) is 16.4 Å². The van der Waals surface area contributed by atoms with E-state index in [1.54, 1.807) is 47.4 Å². The van der Waals surface area contributed by atoms with Crippen molar-refractivity contribution < 1.29 is 9.18 Å². The van der Waals surface area contributed by atoms with Gasteiger partial charge in [-0.1, -0.05) is 17.3 Å². The molecule has 2 heterocycles. The SMILES string of the molecule is CN(Cc1cn(C)nn1)C(=O)c1csc(Cc2ccc(F)cc2)n1. The molecule has 1 amide bonds. The summed E-state index contributed by atoms with van der Waals surface area (Å²) in [4.78, 5) is 18.4. The van der Waals surface area contributed by atoms with Crippen molar-refractivity contribution in [3.63, 3.8) is 0 Å². The molecule has 0 spiro atoms. The molecule has 124 valence electrons. The van der Waals surface area contributed by atoms with Gasteiger partial charge in [-0.3, -0.25) is 9.48 Å². The molecule has 6 nitrogen and oxygen atoms in total. The molecule has 3 aromatic rings. The third-order valence-electron chi connectivity index (χ3n) is 3.44. The molecule has 2 aromatic heterocycles. The van der Waals surface area contributed by atoms with E-state index in [1.807, 2.05) is 0 Å². The first-order valence-corrected chi connectivity index (χ1v) is 8.19. The van der Waals surface area contributed by atoms with Crippen LogP contribution < -0.4 is 0 Å². The van der Waals surface area contributed by atoms with Gasteiger partial charge in [0.1, 0.15) is 17.2 Å². The van der Waals surface area contributed by atoms with Crippen LogP contribution in [0, 0.1) is 5.82 Å². The average molecular weight is 345 g/mol. The van der Waals surface area contributed by atoms with E-state index in [1.165, 1.54) is 23.5 Å². The van der Waals surface area contributed by atoms with Gasteiger partial charge in [0.2, 0.25) is 0 Å². The van der Waals surface area contributed by atoms with Gasteiger partial charge in [0, 0.05) is 32.1 Å². The predicted octanol–water partition coefficient (Wildman–Crippen LogP) is 2.27. The van der Waals surface area contributed by atoms with Crippen LogP contribution in [0.5, 0.6) is 0 Å². The van der Waals surface area contributed by atoms with Gasteiger partial charge in [-0.05, 0) is 17.7 Å². The zero-order valence-electron chi connectivity index (χ0n) is 13.3. The van der Waals surface area contributed by atoms with Crippen LogP contribution in [0.4, 0.5) is 4.39 Å². The van der Waals surface area contributed by atoms with Crippen LogP contribution in [0.25, 0.3) is 0 Å². The molecular weight excluding hydrogens is 329 g/mol. The molecule has 1 aromatic carbocycles. The lowest BCUT2D eigenvalue weighted by Gasteiger charge is -2.13. The maximum Gasteiger partial charge on any atom is 0.273 e. The number of hydrogen-bond donors (Lipinski definition) is 0. The van der Waals surface area contributed by atoms with Gasteiger partial charge < -0.3 is 4.90 Å². The zero-order valence-corrected chi connectivity index (χ0v) is 14.1. The predicted molar refractivity (Wildman–Crippen MR) is 88.1 cm³/mol. The Bertz CT molecular complexity index is 842. The number of thiazole rings is 1. The molecule has 24 heavy (non-hydrogen) atoms. The monoisotopic (exact) mass is 345 g/mol. The second-order valence-corrected chi connectivity index (χ2v) is 6.42. The number of benzene rings is 1. The fourth-order valence-corrected chi connectivity index (χ4v) is 3.05. The normalized spacial score (nSPS) is 10.8. The van der Waals surface area contributed by atoms with Crippen molar-refractivity contribution in [3.8, 4) is 0 Å². The Morgan fingerprint density at radius 1 is 1.33 bits per heavy atom. The minimum atomic E-state index is -0.264. The Morgan fingerprint density at radius 3 is 2.75 bits per heavy atom. The minimum absolute atomic E-state index is 0.165. The fraction of sp³-hybridized carbons (Fsp3) is 0.250. The number of hydrogen-bond acceptors (Lipinski definition) is 5. The van der Waals surface area contributed by atoms with E-state index in [4.69, 9.17) is 0 Å². The van der Waals surface area contributed by atoms with Gasteiger partial charge >= 0.3 is 0 Å². The average Bonchev–Trinajstić information content (AvgIpc) is 3.18. The maximum absolute atomic E-state index is 12.9. The van der Waals surface area contributed by atoms with E-state index in [0.717, 1.165) is 16.3 Å². The summed E-state index contributed by atoms with van der Waals surface area (Å²) in [6, 6.07) is 6.28. The van der Waals surface area contributed by atoms with Crippen LogP contribution in [-0.2, 0) is 20.0 Å². The molecule has 0 N–H and O–H groups in total. The molecule has 8 heteroatoms. The van der Waals surface area contributed by atoms with Crippen LogP contribution in [0.3, 0.4) is 0 Å². The summed E-state index contributed by atoms with van der Waals surface area (Å²) in [5, 5.41) is 10.4. The number of carbonyl (C=O) groups is 1. The minimum Gasteiger partial charge on any atom is -0.334 e. The first-order valence-electron chi connectivity index (χ1n) is 7.31. The van der Waals surface area contributed by atoms with E-state index in [0.29, 0.717) is 18.7 Å². The first kappa shape index (κ1) is 16.3. The summed E-state index contributed by atoms with van der Waals surface area (Å²) >= 11 is 1.42. The van der Waals surface area contributed by atoms with Crippen molar-refractivity contribution in [2.24, 2.45) is 7.05 Å². The Morgan fingerprint density at radius 2 is 2.08 bits per heavy atom. The largest absolute Gasteiger partial charge is 0.334 e. The zero-order chi connectivity index (χ0) is 17.1. The van der Waals surface area contributed by atoms with E-state index in [2.05, 4.69) is 15.3 Å². The summed E-state index contributed by atoms with van der Waals surface area (Å²) in [7, 11) is 3.48. The van der Waals surface area contributed by atoms with Crippen molar-refractivity contribution in [1.82, 2.24) is 24.9 Å². The third kappa shape index (κ3) is 3.83. The fourth-order valence-electron chi connectivity index (χ4n) is 2.25. The summed E-state index contributed by atoms with van der Waals surface area (Å²) in [6.07, 6.45) is 2.34. The van der Waals surface area contributed by atoms with Crippen molar-refractivity contribution in [1.29, 1.82) is 0 Å². The highest BCUT2D eigenvalue weighted by atomic mass is 32.1. The van der Waals surface area contributed by atoms with Gasteiger partial charge in [0.25, 0.3) is 5.91 Å². The molecule has 0 radical (unpaired) electrons. The van der Waals surface area contributed by atoms with Crippen molar-refractivity contribution >= 4 is 17.2 Å². The van der Waals surface area contributed by atoms with E-state index in [-0.39, 0.29) is 11.7 Å².